The molecular weight excluding hydrogens is 314 g/mol. The maximum Gasteiger partial charge on any atom is 0.326 e. The SMILES string of the molecule is O=c1[nH]c2ccccc2n1C1CCN(Cc2ccc(CO)cc2)CC1. The van der Waals surface area contributed by atoms with Crippen LogP contribution in [0.5, 0.6) is 0 Å². The number of hydrogen-bond acceptors (Lipinski definition) is 3. The fourth-order valence-electron chi connectivity index (χ4n) is 3.78. The van der Waals surface area contributed by atoms with Crippen molar-refractivity contribution in [2.45, 2.75) is 32.0 Å². The van der Waals surface area contributed by atoms with Gasteiger partial charge in [-0.25, -0.2) is 4.79 Å². The van der Waals surface area contributed by atoms with Crippen LogP contribution in [-0.2, 0) is 13.2 Å². The van der Waals surface area contributed by atoms with Crippen LogP contribution in [0.25, 0.3) is 11.0 Å². The maximum atomic E-state index is 12.3. The minimum absolute atomic E-state index is 0.000702. The molecule has 1 saturated heterocycles. The van der Waals surface area contributed by atoms with Gasteiger partial charge in [0.05, 0.1) is 17.6 Å². The summed E-state index contributed by atoms with van der Waals surface area (Å²) in [7, 11) is 0. The normalized spacial score (nSPS) is 16.5. The molecule has 3 aromatic rings. The van der Waals surface area contributed by atoms with Crippen LogP contribution in [0.3, 0.4) is 0 Å². The number of rotatable bonds is 4. The zero-order chi connectivity index (χ0) is 17.2. The Hall–Kier alpha value is -2.37. The molecule has 0 radical (unpaired) electrons. The molecule has 1 aliphatic heterocycles. The van der Waals surface area contributed by atoms with Gasteiger partial charge in [-0.15, -0.1) is 0 Å². The number of aliphatic hydroxyl groups excluding tert-OH is 1. The third-order valence-electron chi connectivity index (χ3n) is 5.16. The highest BCUT2D eigenvalue weighted by Gasteiger charge is 2.23. The van der Waals surface area contributed by atoms with Crippen molar-refractivity contribution in [1.29, 1.82) is 0 Å². The van der Waals surface area contributed by atoms with Gasteiger partial charge in [-0.2, -0.15) is 0 Å². The fraction of sp³-hybridized carbons (Fsp3) is 0.350. The topological polar surface area (TPSA) is 61.3 Å². The standard InChI is InChI=1S/C20H23N3O2/c24-14-16-7-5-15(6-8-16)13-22-11-9-17(10-12-22)23-19-4-2-1-3-18(19)21-20(23)25/h1-8,17,24H,9-14H2,(H,21,25). The van der Waals surface area contributed by atoms with Crippen molar-refractivity contribution in [1.82, 2.24) is 14.5 Å². The summed E-state index contributed by atoms with van der Waals surface area (Å²) in [5, 5.41) is 9.13. The summed E-state index contributed by atoms with van der Waals surface area (Å²) in [4.78, 5) is 17.7. The number of para-hydroxylation sites is 2. The van der Waals surface area contributed by atoms with Crippen molar-refractivity contribution < 1.29 is 5.11 Å². The van der Waals surface area contributed by atoms with Gasteiger partial charge in [0.15, 0.2) is 0 Å². The minimum Gasteiger partial charge on any atom is -0.392 e. The largest absolute Gasteiger partial charge is 0.392 e. The van der Waals surface area contributed by atoms with Crippen molar-refractivity contribution in [3.05, 3.63) is 70.1 Å². The third-order valence-corrected chi connectivity index (χ3v) is 5.16. The first kappa shape index (κ1) is 16.1. The minimum atomic E-state index is -0.000702. The van der Waals surface area contributed by atoms with Gasteiger partial charge in [-0.3, -0.25) is 9.47 Å². The van der Waals surface area contributed by atoms with Crippen LogP contribution in [-0.4, -0.2) is 32.6 Å². The summed E-state index contributed by atoms with van der Waals surface area (Å²) in [5.41, 5.74) is 4.13. The van der Waals surface area contributed by atoms with Crippen LogP contribution >= 0.6 is 0 Å². The summed E-state index contributed by atoms with van der Waals surface area (Å²) in [5.74, 6) is 0. The second-order valence-corrected chi connectivity index (χ2v) is 6.80. The number of nitrogens with one attached hydrogen (secondary N) is 1. The second kappa shape index (κ2) is 6.86. The Labute approximate surface area is 146 Å². The van der Waals surface area contributed by atoms with Gasteiger partial charge < -0.3 is 10.1 Å². The monoisotopic (exact) mass is 337 g/mol. The quantitative estimate of drug-likeness (QED) is 0.769. The lowest BCUT2D eigenvalue weighted by molar-refractivity contribution is 0.180. The number of benzene rings is 2. The van der Waals surface area contributed by atoms with Gasteiger partial charge in [0.2, 0.25) is 0 Å². The highest BCUT2D eigenvalue weighted by atomic mass is 16.3. The van der Waals surface area contributed by atoms with Crippen molar-refractivity contribution in [2.75, 3.05) is 13.1 Å². The molecule has 0 saturated carbocycles. The van der Waals surface area contributed by atoms with E-state index in [0.29, 0.717) is 0 Å². The van der Waals surface area contributed by atoms with Gasteiger partial charge in [0.25, 0.3) is 0 Å². The molecule has 0 unspecified atom stereocenters. The van der Waals surface area contributed by atoms with E-state index in [2.05, 4.69) is 22.0 Å². The molecule has 1 aromatic heterocycles. The highest BCUT2D eigenvalue weighted by Crippen LogP contribution is 2.25. The highest BCUT2D eigenvalue weighted by molar-refractivity contribution is 5.75. The molecule has 25 heavy (non-hydrogen) atoms. The van der Waals surface area contributed by atoms with E-state index in [1.807, 2.05) is 41.0 Å². The van der Waals surface area contributed by atoms with Gasteiger partial charge in [-0.1, -0.05) is 36.4 Å². The van der Waals surface area contributed by atoms with Crippen LogP contribution in [0.2, 0.25) is 0 Å². The molecule has 130 valence electrons. The van der Waals surface area contributed by atoms with Gasteiger partial charge >= 0.3 is 5.69 Å². The van der Waals surface area contributed by atoms with Gasteiger partial charge in [0.1, 0.15) is 0 Å². The molecule has 0 atom stereocenters. The van der Waals surface area contributed by atoms with E-state index in [4.69, 9.17) is 5.11 Å². The molecule has 0 aliphatic carbocycles. The average molecular weight is 337 g/mol. The fourth-order valence-corrected chi connectivity index (χ4v) is 3.78. The lowest BCUT2D eigenvalue weighted by Crippen LogP contribution is -2.36. The molecule has 2 N–H and O–H groups in total. The van der Waals surface area contributed by atoms with Gasteiger partial charge in [-0.05, 0) is 36.1 Å². The van der Waals surface area contributed by atoms with Crippen molar-refractivity contribution in [3.8, 4) is 0 Å². The number of imidazole rings is 1. The van der Waals surface area contributed by atoms with Crippen molar-refractivity contribution >= 4 is 11.0 Å². The number of likely N-dealkylation sites (tertiary alicyclic amines) is 1. The van der Waals surface area contributed by atoms with Crippen LogP contribution in [0.1, 0.15) is 30.0 Å². The van der Waals surface area contributed by atoms with Crippen molar-refractivity contribution in [3.63, 3.8) is 0 Å². The maximum absolute atomic E-state index is 12.3. The molecule has 0 bridgehead atoms. The number of aliphatic hydroxyl groups is 1. The van der Waals surface area contributed by atoms with E-state index in [9.17, 15) is 4.79 Å². The first-order valence-corrected chi connectivity index (χ1v) is 8.85. The first-order valence-electron chi connectivity index (χ1n) is 8.85. The van der Waals surface area contributed by atoms with E-state index in [1.165, 1.54) is 5.56 Å². The summed E-state index contributed by atoms with van der Waals surface area (Å²) in [6.07, 6.45) is 1.97. The van der Waals surface area contributed by atoms with E-state index >= 15 is 0 Å². The summed E-state index contributed by atoms with van der Waals surface area (Å²) in [6, 6.07) is 16.3. The summed E-state index contributed by atoms with van der Waals surface area (Å²) in [6.45, 7) is 2.98. The zero-order valence-corrected chi connectivity index (χ0v) is 14.2. The molecule has 5 nitrogen and oxygen atoms in total. The van der Waals surface area contributed by atoms with Crippen LogP contribution in [0.15, 0.2) is 53.3 Å². The Balaban J connectivity index is 1.44. The first-order chi connectivity index (χ1) is 12.2. The van der Waals surface area contributed by atoms with Gasteiger partial charge in [0, 0.05) is 25.7 Å². The molecule has 2 aromatic carbocycles. The van der Waals surface area contributed by atoms with E-state index < -0.39 is 0 Å². The second-order valence-electron chi connectivity index (χ2n) is 6.80. The molecule has 1 aliphatic rings. The van der Waals surface area contributed by atoms with E-state index in [0.717, 1.165) is 49.1 Å². The molecule has 0 spiro atoms. The van der Waals surface area contributed by atoms with Crippen molar-refractivity contribution in [2.24, 2.45) is 0 Å². The smallest absolute Gasteiger partial charge is 0.326 e. The number of hydrogen-bond donors (Lipinski definition) is 2. The van der Waals surface area contributed by atoms with Crippen LogP contribution < -0.4 is 5.69 Å². The zero-order valence-electron chi connectivity index (χ0n) is 14.2. The lowest BCUT2D eigenvalue weighted by Gasteiger charge is -2.32. The number of aromatic amines is 1. The predicted molar refractivity (Wildman–Crippen MR) is 98.5 cm³/mol. The molecule has 5 heteroatoms. The number of fused-ring (bicyclic) bond motifs is 1. The molecule has 1 fully saturated rings. The molecule has 4 rings (SSSR count). The Bertz CT molecular complexity index is 903. The Morgan fingerprint density at radius 2 is 1.68 bits per heavy atom. The van der Waals surface area contributed by atoms with E-state index in [1.54, 1.807) is 0 Å². The predicted octanol–water partition coefficient (Wildman–Crippen LogP) is 2.66. The number of piperidine rings is 1. The summed E-state index contributed by atoms with van der Waals surface area (Å²) >= 11 is 0. The third kappa shape index (κ3) is 3.25. The average Bonchev–Trinajstić information content (AvgIpc) is 2.99. The number of aromatic nitrogens is 2. The lowest BCUT2D eigenvalue weighted by atomic mass is 10.0. The van der Waals surface area contributed by atoms with Crippen LogP contribution in [0, 0.1) is 0 Å². The Morgan fingerprint density at radius 1 is 1.00 bits per heavy atom. The molecular formula is C20H23N3O2. The molecule has 0 amide bonds. The number of H-pyrrole nitrogens is 1. The number of nitrogens with zero attached hydrogens (tertiary/aromatic N) is 2. The Morgan fingerprint density at radius 3 is 2.40 bits per heavy atom. The van der Waals surface area contributed by atoms with E-state index in [-0.39, 0.29) is 18.3 Å². The molecule has 2 heterocycles. The van der Waals surface area contributed by atoms with Crippen LogP contribution in [0.4, 0.5) is 0 Å². The Kier molecular flexibility index (Phi) is 4.42. The summed E-state index contributed by atoms with van der Waals surface area (Å²) < 4.78 is 1.93.